The summed E-state index contributed by atoms with van der Waals surface area (Å²) >= 11 is 0. The van der Waals surface area contributed by atoms with Crippen LogP contribution >= 0.6 is 0 Å². The van der Waals surface area contributed by atoms with E-state index in [4.69, 9.17) is 5.11 Å². The number of hydrogen-bond acceptors (Lipinski definition) is 1. The van der Waals surface area contributed by atoms with Crippen LogP contribution in [0.5, 0.6) is 0 Å². The lowest BCUT2D eigenvalue weighted by molar-refractivity contribution is -0.137. The molecule has 0 spiro atoms. The Labute approximate surface area is 289 Å². The predicted octanol–water partition coefficient (Wildman–Crippen LogP) is 15.6. The summed E-state index contributed by atoms with van der Waals surface area (Å²) in [6, 6.07) is 0. The Bertz CT molecular complexity index is 701. The summed E-state index contributed by atoms with van der Waals surface area (Å²) in [6.07, 6.45) is 63.0. The molecule has 0 aromatic carbocycles. The number of carboxylic acids is 1. The molecule has 0 bridgehead atoms. The molecule has 0 rings (SSSR count). The smallest absolute Gasteiger partial charge is 0.303 e. The molecule has 0 saturated carbocycles. The van der Waals surface area contributed by atoms with E-state index in [1.54, 1.807) is 0 Å². The third-order valence-electron chi connectivity index (χ3n) is 9.23. The molecular formula is C44H80O2. The van der Waals surface area contributed by atoms with E-state index in [1.165, 1.54) is 173 Å². The Kier molecular flexibility index (Phi) is 40.0. The lowest BCUT2D eigenvalue weighted by Crippen LogP contribution is -1.93. The van der Waals surface area contributed by atoms with Crippen LogP contribution in [0.4, 0.5) is 0 Å². The van der Waals surface area contributed by atoms with Gasteiger partial charge in [-0.1, -0.05) is 222 Å². The average molecular weight is 641 g/mol. The zero-order valence-electron chi connectivity index (χ0n) is 31.0. The van der Waals surface area contributed by atoms with Gasteiger partial charge in [0.15, 0.2) is 0 Å². The highest BCUT2D eigenvalue weighted by atomic mass is 16.4. The van der Waals surface area contributed by atoms with E-state index in [1.807, 2.05) is 0 Å². The van der Waals surface area contributed by atoms with Crippen molar-refractivity contribution in [3.63, 3.8) is 0 Å². The fourth-order valence-corrected chi connectivity index (χ4v) is 6.23. The van der Waals surface area contributed by atoms with Gasteiger partial charge in [0.1, 0.15) is 0 Å². The van der Waals surface area contributed by atoms with Crippen molar-refractivity contribution in [2.24, 2.45) is 0 Å². The molecule has 0 saturated heterocycles. The largest absolute Gasteiger partial charge is 0.481 e. The number of carboxylic acid groups (broad SMARTS) is 1. The molecule has 0 atom stereocenters. The second kappa shape index (κ2) is 41.5. The predicted molar refractivity (Wildman–Crippen MR) is 207 cm³/mol. The van der Waals surface area contributed by atoms with Crippen LogP contribution < -0.4 is 0 Å². The average Bonchev–Trinajstić information content (AvgIpc) is 3.05. The van der Waals surface area contributed by atoms with Crippen LogP contribution in [0.3, 0.4) is 0 Å². The Balaban J connectivity index is 3.14. The van der Waals surface area contributed by atoms with E-state index >= 15 is 0 Å². The van der Waals surface area contributed by atoms with Crippen molar-refractivity contribution in [1.82, 2.24) is 0 Å². The van der Waals surface area contributed by atoms with E-state index < -0.39 is 5.97 Å². The normalized spacial score (nSPS) is 12.2. The summed E-state index contributed by atoms with van der Waals surface area (Å²) in [5.74, 6) is -0.650. The zero-order valence-corrected chi connectivity index (χ0v) is 31.0. The van der Waals surface area contributed by atoms with Crippen molar-refractivity contribution < 1.29 is 9.90 Å². The summed E-state index contributed by atoms with van der Waals surface area (Å²) in [5, 5.41) is 8.65. The number of carbonyl (C=O) groups is 1. The summed E-state index contributed by atoms with van der Waals surface area (Å²) in [5.41, 5.74) is 0. The van der Waals surface area contributed by atoms with Gasteiger partial charge in [-0.15, -0.1) is 0 Å². The number of allylic oxidation sites excluding steroid dienone is 8. The molecule has 0 fully saturated rings. The molecule has 0 aliphatic carbocycles. The molecular weight excluding hydrogens is 560 g/mol. The van der Waals surface area contributed by atoms with E-state index in [9.17, 15) is 4.79 Å². The van der Waals surface area contributed by atoms with Crippen molar-refractivity contribution in [2.45, 2.75) is 225 Å². The summed E-state index contributed by atoms with van der Waals surface area (Å²) in [6.45, 7) is 2.18. The molecule has 0 aromatic rings. The van der Waals surface area contributed by atoms with E-state index in [-0.39, 0.29) is 0 Å². The fraction of sp³-hybridized carbons (Fsp3) is 0.795. The van der Waals surface area contributed by atoms with Gasteiger partial charge >= 0.3 is 5.97 Å². The molecule has 0 radical (unpaired) electrons. The Morgan fingerprint density at radius 2 is 0.587 bits per heavy atom. The Morgan fingerprint density at radius 1 is 0.348 bits per heavy atom. The van der Waals surface area contributed by atoms with Gasteiger partial charge in [0.05, 0.1) is 0 Å². The fourth-order valence-electron chi connectivity index (χ4n) is 6.23. The van der Waals surface area contributed by atoms with Crippen molar-refractivity contribution >= 4 is 5.97 Å². The van der Waals surface area contributed by atoms with Gasteiger partial charge in [-0.2, -0.15) is 0 Å². The van der Waals surface area contributed by atoms with Crippen molar-refractivity contribution in [1.29, 1.82) is 0 Å². The molecule has 2 heteroatoms. The van der Waals surface area contributed by atoms with E-state index in [2.05, 4.69) is 55.5 Å². The van der Waals surface area contributed by atoms with Gasteiger partial charge in [0.25, 0.3) is 0 Å². The minimum absolute atomic E-state index is 0.344. The van der Waals surface area contributed by atoms with Crippen molar-refractivity contribution in [3.8, 4) is 0 Å². The molecule has 0 aromatic heterocycles. The van der Waals surface area contributed by atoms with Gasteiger partial charge in [-0.3, -0.25) is 4.79 Å². The quantitative estimate of drug-likeness (QED) is 0.0538. The maximum Gasteiger partial charge on any atom is 0.303 e. The Hall–Kier alpha value is -1.57. The molecule has 0 heterocycles. The van der Waals surface area contributed by atoms with Crippen molar-refractivity contribution in [2.75, 3.05) is 0 Å². The SMILES string of the molecule is CC/C=C\C/C=C\C/C=C\C/C=C\CCCCCCCCCCCCCCCCCCCCCCCCCCCCCCC(=O)O. The third kappa shape index (κ3) is 42.4. The summed E-state index contributed by atoms with van der Waals surface area (Å²) in [4.78, 5) is 10.5. The van der Waals surface area contributed by atoms with Crippen LogP contribution in [0.15, 0.2) is 48.6 Å². The highest BCUT2D eigenvalue weighted by Gasteiger charge is 1.98. The highest BCUT2D eigenvalue weighted by molar-refractivity contribution is 5.66. The van der Waals surface area contributed by atoms with Gasteiger partial charge in [0, 0.05) is 6.42 Å². The lowest BCUT2D eigenvalue weighted by Gasteiger charge is -2.04. The second-order valence-electron chi connectivity index (χ2n) is 13.8. The third-order valence-corrected chi connectivity index (χ3v) is 9.23. The summed E-state index contributed by atoms with van der Waals surface area (Å²) in [7, 11) is 0. The summed E-state index contributed by atoms with van der Waals surface area (Å²) < 4.78 is 0. The van der Waals surface area contributed by atoms with Gasteiger partial charge in [-0.05, 0) is 44.9 Å². The number of aliphatic carboxylic acids is 1. The second-order valence-corrected chi connectivity index (χ2v) is 13.8. The maximum absolute atomic E-state index is 10.5. The molecule has 0 amide bonds. The first kappa shape index (κ1) is 44.4. The highest BCUT2D eigenvalue weighted by Crippen LogP contribution is 2.16. The van der Waals surface area contributed by atoms with Gasteiger partial charge in [-0.25, -0.2) is 0 Å². The molecule has 1 N–H and O–H groups in total. The van der Waals surface area contributed by atoms with Crippen LogP contribution in [0, 0.1) is 0 Å². The van der Waals surface area contributed by atoms with Crippen LogP contribution in [0.25, 0.3) is 0 Å². The van der Waals surface area contributed by atoms with Crippen molar-refractivity contribution in [3.05, 3.63) is 48.6 Å². The monoisotopic (exact) mass is 641 g/mol. The van der Waals surface area contributed by atoms with Crippen LogP contribution in [0.2, 0.25) is 0 Å². The number of unbranched alkanes of at least 4 members (excludes halogenated alkanes) is 28. The zero-order chi connectivity index (χ0) is 33.3. The van der Waals surface area contributed by atoms with Gasteiger partial charge in [0.2, 0.25) is 0 Å². The molecule has 268 valence electrons. The molecule has 2 nitrogen and oxygen atoms in total. The number of hydrogen-bond donors (Lipinski definition) is 1. The van der Waals surface area contributed by atoms with Crippen LogP contribution in [-0.4, -0.2) is 11.1 Å². The minimum atomic E-state index is -0.650. The van der Waals surface area contributed by atoms with Crippen LogP contribution in [0.1, 0.15) is 225 Å². The lowest BCUT2D eigenvalue weighted by atomic mass is 10.0. The number of rotatable bonds is 38. The maximum atomic E-state index is 10.5. The standard InChI is InChI=1S/C44H80O2/c1-2-3-4-5-6-7-8-9-10-11-12-13-14-15-16-17-18-19-20-21-22-23-24-25-26-27-28-29-30-31-32-33-34-35-36-37-38-39-40-41-42-43-44(45)46/h3-4,6-7,9-10,12-13H,2,5,8,11,14-43H2,1H3,(H,45,46)/b4-3-,7-6-,10-9-,13-12-. The van der Waals surface area contributed by atoms with Gasteiger partial charge < -0.3 is 5.11 Å². The molecule has 46 heavy (non-hydrogen) atoms. The van der Waals surface area contributed by atoms with E-state index in [0.717, 1.165) is 38.5 Å². The molecule has 0 aliphatic heterocycles. The first-order chi connectivity index (χ1) is 22.8. The first-order valence-corrected chi connectivity index (χ1v) is 20.6. The molecule has 0 unspecified atom stereocenters. The van der Waals surface area contributed by atoms with Crippen LogP contribution in [-0.2, 0) is 4.79 Å². The molecule has 0 aliphatic rings. The minimum Gasteiger partial charge on any atom is -0.481 e. The topological polar surface area (TPSA) is 37.3 Å². The van der Waals surface area contributed by atoms with E-state index in [0.29, 0.717) is 6.42 Å². The first-order valence-electron chi connectivity index (χ1n) is 20.6. The Morgan fingerprint density at radius 3 is 0.870 bits per heavy atom.